The first kappa shape index (κ1) is 13.5. The molecule has 1 N–H and O–H groups in total. The van der Waals surface area contributed by atoms with Crippen molar-refractivity contribution in [3.63, 3.8) is 0 Å². The zero-order valence-corrected chi connectivity index (χ0v) is 11.4. The van der Waals surface area contributed by atoms with Crippen LogP contribution in [0.15, 0.2) is 18.2 Å². The van der Waals surface area contributed by atoms with Gasteiger partial charge in [-0.1, -0.05) is 6.07 Å². The summed E-state index contributed by atoms with van der Waals surface area (Å²) >= 11 is 0. The highest BCUT2D eigenvalue weighted by Gasteiger charge is 2.31. The van der Waals surface area contributed by atoms with Gasteiger partial charge in [-0.05, 0) is 57.0 Å². The van der Waals surface area contributed by atoms with E-state index in [9.17, 15) is 4.39 Å². The highest BCUT2D eigenvalue weighted by atomic mass is 19.1. The average molecular weight is 251 g/mol. The van der Waals surface area contributed by atoms with Crippen molar-refractivity contribution < 1.29 is 9.13 Å². The van der Waals surface area contributed by atoms with Gasteiger partial charge < -0.3 is 10.1 Å². The van der Waals surface area contributed by atoms with E-state index in [1.54, 1.807) is 6.07 Å². The van der Waals surface area contributed by atoms with E-state index in [2.05, 4.69) is 12.2 Å². The maximum Gasteiger partial charge on any atom is 0.123 e. The van der Waals surface area contributed by atoms with E-state index in [1.165, 1.54) is 6.07 Å². The van der Waals surface area contributed by atoms with Gasteiger partial charge in [0.1, 0.15) is 5.82 Å². The Morgan fingerprint density at radius 1 is 1.50 bits per heavy atom. The maximum absolute atomic E-state index is 13.3. The third-order valence-corrected chi connectivity index (χ3v) is 4.07. The van der Waals surface area contributed by atoms with Gasteiger partial charge in [0.2, 0.25) is 0 Å². The van der Waals surface area contributed by atoms with Gasteiger partial charge in [-0.15, -0.1) is 0 Å². The van der Waals surface area contributed by atoms with E-state index in [4.69, 9.17) is 4.74 Å². The minimum absolute atomic E-state index is 0.152. The van der Waals surface area contributed by atoms with Crippen LogP contribution in [0.1, 0.15) is 24.5 Å². The first-order chi connectivity index (χ1) is 8.61. The summed E-state index contributed by atoms with van der Waals surface area (Å²) in [6.45, 7) is 5.00. The number of ether oxygens (including phenoxy) is 1. The van der Waals surface area contributed by atoms with Crippen LogP contribution in [0.25, 0.3) is 0 Å². The highest BCUT2D eigenvalue weighted by Crippen LogP contribution is 2.26. The number of likely N-dealkylation sites (N-methyl/N-ethyl adjacent to an activating group) is 1. The molecule has 3 heteroatoms. The lowest BCUT2D eigenvalue weighted by atomic mass is 9.88. The zero-order valence-electron chi connectivity index (χ0n) is 11.4. The molecular weight excluding hydrogens is 229 g/mol. The lowest BCUT2D eigenvalue weighted by molar-refractivity contribution is 0.0963. The summed E-state index contributed by atoms with van der Waals surface area (Å²) in [5.41, 5.74) is 2.25. The molecule has 3 unspecified atom stereocenters. The van der Waals surface area contributed by atoms with Gasteiger partial charge in [-0.2, -0.15) is 0 Å². The monoisotopic (exact) mass is 251 g/mol. The van der Waals surface area contributed by atoms with Crippen LogP contribution in [-0.4, -0.2) is 25.8 Å². The predicted octanol–water partition coefficient (Wildman–Crippen LogP) is 2.69. The summed E-state index contributed by atoms with van der Waals surface area (Å²) in [4.78, 5) is 0. The molecule has 0 bridgehead atoms. The second-order valence-corrected chi connectivity index (χ2v) is 5.20. The number of hydrogen-bond donors (Lipinski definition) is 1. The van der Waals surface area contributed by atoms with Crippen molar-refractivity contribution in [3.05, 3.63) is 35.1 Å². The van der Waals surface area contributed by atoms with E-state index >= 15 is 0 Å². The van der Waals surface area contributed by atoms with E-state index in [1.807, 2.05) is 20.0 Å². The van der Waals surface area contributed by atoms with Crippen molar-refractivity contribution in [2.24, 2.45) is 5.92 Å². The Hall–Kier alpha value is -0.930. The van der Waals surface area contributed by atoms with Gasteiger partial charge >= 0.3 is 0 Å². The minimum atomic E-state index is -0.152. The van der Waals surface area contributed by atoms with Crippen LogP contribution in [0, 0.1) is 18.7 Å². The lowest BCUT2D eigenvalue weighted by Gasteiger charge is -2.26. The van der Waals surface area contributed by atoms with Gasteiger partial charge in [-0.3, -0.25) is 0 Å². The van der Waals surface area contributed by atoms with Crippen LogP contribution in [0.3, 0.4) is 0 Å². The first-order valence-corrected chi connectivity index (χ1v) is 6.65. The number of nitrogens with one attached hydrogen (secondary N) is 1. The molecule has 100 valence electrons. The molecule has 0 amide bonds. The third-order valence-electron chi connectivity index (χ3n) is 4.07. The summed E-state index contributed by atoms with van der Waals surface area (Å²) in [5, 5.41) is 3.37. The molecule has 2 nitrogen and oxygen atoms in total. The molecule has 0 aliphatic carbocycles. The molecular formula is C15H22FNO. The molecule has 1 aromatic carbocycles. The van der Waals surface area contributed by atoms with Crippen LogP contribution in [0.4, 0.5) is 4.39 Å². The van der Waals surface area contributed by atoms with Gasteiger partial charge in [0.05, 0.1) is 6.10 Å². The molecule has 18 heavy (non-hydrogen) atoms. The smallest absolute Gasteiger partial charge is 0.123 e. The summed E-state index contributed by atoms with van der Waals surface area (Å²) in [6, 6.07) is 5.38. The molecule has 1 fully saturated rings. The fourth-order valence-corrected chi connectivity index (χ4v) is 2.84. The molecule has 1 aromatic rings. The fraction of sp³-hybridized carbons (Fsp3) is 0.600. The summed E-state index contributed by atoms with van der Waals surface area (Å²) < 4.78 is 18.9. The zero-order chi connectivity index (χ0) is 13.1. The molecule has 0 saturated carbocycles. The molecule has 3 atom stereocenters. The van der Waals surface area contributed by atoms with E-state index in [0.29, 0.717) is 12.0 Å². The molecule has 2 rings (SSSR count). The normalized spacial score (nSPS) is 25.3. The molecule has 0 spiro atoms. The van der Waals surface area contributed by atoms with Gasteiger partial charge in [0.15, 0.2) is 0 Å². The molecule has 1 aliphatic rings. The number of aryl methyl sites for hydroxylation is 1. The second-order valence-electron chi connectivity index (χ2n) is 5.20. The van der Waals surface area contributed by atoms with Crippen molar-refractivity contribution in [3.8, 4) is 0 Å². The molecule has 0 radical (unpaired) electrons. The molecule has 1 aliphatic heterocycles. The van der Waals surface area contributed by atoms with Gasteiger partial charge in [-0.25, -0.2) is 4.39 Å². The number of halogens is 1. The predicted molar refractivity (Wildman–Crippen MR) is 71.2 cm³/mol. The van der Waals surface area contributed by atoms with Gasteiger partial charge in [0.25, 0.3) is 0 Å². The fourth-order valence-electron chi connectivity index (χ4n) is 2.84. The van der Waals surface area contributed by atoms with Crippen LogP contribution >= 0.6 is 0 Å². The Balaban J connectivity index is 2.12. The Labute approximate surface area is 109 Å². The van der Waals surface area contributed by atoms with Crippen molar-refractivity contribution in [2.45, 2.75) is 38.8 Å². The van der Waals surface area contributed by atoms with Crippen molar-refractivity contribution in [1.29, 1.82) is 0 Å². The van der Waals surface area contributed by atoms with Crippen LogP contribution in [-0.2, 0) is 11.2 Å². The largest absolute Gasteiger partial charge is 0.378 e. The van der Waals surface area contributed by atoms with E-state index in [0.717, 1.165) is 30.6 Å². The summed E-state index contributed by atoms with van der Waals surface area (Å²) in [5.74, 6) is 0.360. The topological polar surface area (TPSA) is 21.3 Å². The number of rotatable bonds is 4. The van der Waals surface area contributed by atoms with Crippen LogP contribution < -0.4 is 5.32 Å². The van der Waals surface area contributed by atoms with Crippen molar-refractivity contribution in [1.82, 2.24) is 5.32 Å². The van der Waals surface area contributed by atoms with Crippen LogP contribution in [0.2, 0.25) is 0 Å². The first-order valence-electron chi connectivity index (χ1n) is 6.65. The quantitative estimate of drug-likeness (QED) is 0.888. The Kier molecular flexibility index (Phi) is 4.36. The Morgan fingerprint density at radius 3 is 2.89 bits per heavy atom. The third kappa shape index (κ3) is 2.90. The molecule has 1 heterocycles. The number of hydrogen-bond acceptors (Lipinski definition) is 2. The lowest BCUT2D eigenvalue weighted by Crippen LogP contribution is -2.39. The van der Waals surface area contributed by atoms with Crippen LogP contribution in [0.5, 0.6) is 0 Å². The molecule has 1 saturated heterocycles. The van der Waals surface area contributed by atoms with E-state index in [-0.39, 0.29) is 11.9 Å². The maximum atomic E-state index is 13.3. The van der Waals surface area contributed by atoms with Crippen molar-refractivity contribution in [2.75, 3.05) is 13.7 Å². The van der Waals surface area contributed by atoms with Crippen molar-refractivity contribution >= 4 is 0 Å². The SMILES string of the molecule is CNC(Cc1cc(F)ccc1C)C1CCOC1C. The summed E-state index contributed by atoms with van der Waals surface area (Å²) in [6.07, 6.45) is 2.23. The average Bonchev–Trinajstić information content (AvgIpc) is 2.77. The number of benzene rings is 1. The van der Waals surface area contributed by atoms with Gasteiger partial charge in [0, 0.05) is 18.6 Å². The standard InChI is InChI=1S/C15H22FNO/c1-10-4-5-13(16)8-12(10)9-15(17-3)14-6-7-18-11(14)2/h4-5,8,11,14-15,17H,6-7,9H2,1-3H3. The Morgan fingerprint density at radius 2 is 2.28 bits per heavy atom. The Bertz CT molecular complexity index is 407. The molecule has 0 aromatic heterocycles. The summed E-state index contributed by atoms with van der Waals surface area (Å²) in [7, 11) is 1.98. The second kappa shape index (κ2) is 5.81. The van der Waals surface area contributed by atoms with E-state index < -0.39 is 0 Å². The highest BCUT2D eigenvalue weighted by molar-refractivity contribution is 5.27. The minimum Gasteiger partial charge on any atom is -0.378 e.